The summed E-state index contributed by atoms with van der Waals surface area (Å²) < 4.78 is 0.838. The number of hydrogen-bond acceptors (Lipinski definition) is 5. The van der Waals surface area contributed by atoms with Crippen molar-refractivity contribution in [3.8, 4) is 0 Å². The smallest absolute Gasteiger partial charge is 0.252 e. The normalized spacial score (nSPS) is 10.2. The molecule has 0 atom stereocenters. The molecular formula is C13H13IN4O2S. The van der Waals surface area contributed by atoms with Gasteiger partial charge in [-0.05, 0) is 41.1 Å². The number of carbonyl (C=O) groups is 2. The van der Waals surface area contributed by atoms with Crippen molar-refractivity contribution in [1.82, 2.24) is 15.5 Å². The van der Waals surface area contributed by atoms with Gasteiger partial charge in [-0.25, -0.2) is 0 Å². The summed E-state index contributed by atoms with van der Waals surface area (Å²) in [5.41, 5.74) is 0.551. The van der Waals surface area contributed by atoms with Crippen molar-refractivity contribution >= 4 is 50.9 Å². The summed E-state index contributed by atoms with van der Waals surface area (Å²) in [7, 11) is 0. The summed E-state index contributed by atoms with van der Waals surface area (Å²) in [6, 6.07) is 7.19. The van der Waals surface area contributed by atoms with Gasteiger partial charge in [-0.3, -0.25) is 14.9 Å². The van der Waals surface area contributed by atoms with Crippen molar-refractivity contribution in [3.05, 3.63) is 38.4 Å². The van der Waals surface area contributed by atoms with E-state index in [-0.39, 0.29) is 18.4 Å². The van der Waals surface area contributed by atoms with E-state index in [1.807, 2.05) is 19.1 Å². The highest BCUT2D eigenvalue weighted by atomic mass is 127. The molecule has 0 aliphatic rings. The fourth-order valence-electron chi connectivity index (χ4n) is 1.51. The van der Waals surface area contributed by atoms with E-state index in [0.29, 0.717) is 10.7 Å². The number of amides is 2. The molecule has 0 spiro atoms. The molecule has 8 heteroatoms. The van der Waals surface area contributed by atoms with Gasteiger partial charge < -0.3 is 5.32 Å². The highest BCUT2D eigenvalue weighted by molar-refractivity contribution is 14.1. The zero-order chi connectivity index (χ0) is 15.2. The molecule has 2 aromatic rings. The second-order valence-corrected chi connectivity index (χ2v) is 6.29. The van der Waals surface area contributed by atoms with E-state index in [0.717, 1.165) is 15.0 Å². The van der Waals surface area contributed by atoms with Gasteiger partial charge in [0, 0.05) is 3.57 Å². The van der Waals surface area contributed by atoms with Crippen molar-refractivity contribution in [2.75, 3.05) is 11.9 Å². The van der Waals surface area contributed by atoms with Crippen molar-refractivity contribution < 1.29 is 9.59 Å². The van der Waals surface area contributed by atoms with Crippen molar-refractivity contribution in [3.63, 3.8) is 0 Å². The van der Waals surface area contributed by atoms with Crippen LogP contribution in [0.4, 0.5) is 5.13 Å². The van der Waals surface area contributed by atoms with Crippen LogP contribution in [-0.4, -0.2) is 28.6 Å². The number of carbonyl (C=O) groups excluding carboxylic acids is 2. The quantitative estimate of drug-likeness (QED) is 0.732. The molecule has 0 aliphatic heterocycles. The molecule has 1 aromatic heterocycles. The van der Waals surface area contributed by atoms with Crippen LogP contribution in [0.25, 0.3) is 0 Å². The maximum absolute atomic E-state index is 12.0. The third-order valence-electron chi connectivity index (χ3n) is 2.54. The Morgan fingerprint density at radius 2 is 2.05 bits per heavy atom. The molecule has 2 rings (SSSR count). The van der Waals surface area contributed by atoms with Gasteiger partial charge in [0.1, 0.15) is 5.01 Å². The van der Waals surface area contributed by atoms with Gasteiger partial charge >= 0.3 is 0 Å². The Balaban J connectivity index is 1.86. The fourth-order valence-corrected chi connectivity index (χ4v) is 2.84. The Labute approximate surface area is 139 Å². The van der Waals surface area contributed by atoms with Gasteiger partial charge in [-0.1, -0.05) is 30.4 Å². The molecule has 0 saturated carbocycles. The average Bonchev–Trinajstić information content (AvgIpc) is 2.93. The first kappa shape index (κ1) is 15.8. The zero-order valence-corrected chi connectivity index (χ0v) is 14.2. The lowest BCUT2D eigenvalue weighted by atomic mass is 10.2. The third-order valence-corrected chi connectivity index (χ3v) is 4.47. The van der Waals surface area contributed by atoms with Gasteiger partial charge in [-0.15, -0.1) is 10.2 Å². The maximum Gasteiger partial charge on any atom is 0.252 e. The van der Waals surface area contributed by atoms with Crippen molar-refractivity contribution in [2.24, 2.45) is 0 Å². The van der Waals surface area contributed by atoms with Crippen LogP contribution in [0.15, 0.2) is 24.3 Å². The SMILES string of the molecule is CCc1nnc(NC(=O)CNC(=O)c2ccccc2I)s1. The largest absolute Gasteiger partial charge is 0.343 e. The number of nitrogens with zero attached hydrogens (tertiary/aromatic N) is 2. The maximum atomic E-state index is 12.0. The van der Waals surface area contributed by atoms with Gasteiger partial charge in [-0.2, -0.15) is 0 Å². The van der Waals surface area contributed by atoms with Crippen LogP contribution in [0.1, 0.15) is 22.3 Å². The Morgan fingerprint density at radius 1 is 1.29 bits per heavy atom. The molecule has 0 aliphatic carbocycles. The monoisotopic (exact) mass is 416 g/mol. The number of benzene rings is 1. The van der Waals surface area contributed by atoms with Gasteiger partial charge in [0.2, 0.25) is 11.0 Å². The minimum absolute atomic E-state index is 0.106. The number of rotatable bonds is 5. The van der Waals surface area contributed by atoms with Crippen LogP contribution in [-0.2, 0) is 11.2 Å². The number of aromatic nitrogens is 2. The summed E-state index contributed by atoms with van der Waals surface area (Å²) in [6.07, 6.45) is 0.775. The first-order valence-corrected chi connectivity index (χ1v) is 8.14. The molecule has 6 nitrogen and oxygen atoms in total. The van der Waals surface area contributed by atoms with Gasteiger partial charge in [0.15, 0.2) is 0 Å². The highest BCUT2D eigenvalue weighted by Gasteiger charge is 2.12. The molecule has 0 saturated heterocycles. The minimum Gasteiger partial charge on any atom is -0.343 e. The molecule has 1 aromatic carbocycles. The summed E-state index contributed by atoms with van der Waals surface area (Å²) in [5, 5.41) is 14.2. The fraction of sp³-hybridized carbons (Fsp3) is 0.231. The van der Waals surface area contributed by atoms with Crippen molar-refractivity contribution in [2.45, 2.75) is 13.3 Å². The van der Waals surface area contributed by atoms with E-state index in [1.54, 1.807) is 12.1 Å². The molecule has 110 valence electrons. The van der Waals surface area contributed by atoms with Crippen molar-refractivity contribution in [1.29, 1.82) is 0 Å². The molecule has 2 amide bonds. The molecule has 2 N–H and O–H groups in total. The number of nitrogens with one attached hydrogen (secondary N) is 2. The molecule has 21 heavy (non-hydrogen) atoms. The van der Waals surface area contributed by atoms with Crippen LogP contribution in [0, 0.1) is 3.57 Å². The lowest BCUT2D eigenvalue weighted by Gasteiger charge is -2.06. The van der Waals surface area contributed by atoms with Crippen LogP contribution in [0.3, 0.4) is 0 Å². The van der Waals surface area contributed by atoms with Crippen LogP contribution in [0.2, 0.25) is 0 Å². The topological polar surface area (TPSA) is 84.0 Å². The van der Waals surface area contributed by atoms with E-state index in [2.05, 4.69) is 43.4 Å². The molecule has 0 radical (unpaired) electrons. The number of aryl methyl sites for hydroxylation is 1. The second kappa shape index (κ2) is 7.46. The van der Waals surface area contributed by atoms with Crippen LogP contribution < -0.4 is 10.6 Å². The number of halogens is 1. The van der Waals surface area contributed by atoms with Crippen LogP contribution >= 0.6 is 33.9 Å². The van der Waals surface area contributed by atoms with Gasteiger partial charge in [0.05, 0.1) is 12.1 Å². The van der Waals surface area contributed by atoms with E-state index >= 15 is 0 Å². The lowest BCUT2D eigenvalue weighted by molar-refractivity contribution is -0.115. The first-order valence-electron chi connectivity index (χ1n) is 6.25. The van der Waals surface area contributed by atoms with Crippen LogP contribution in [0.5, 0.6) is 0 Å². The molecule has 0 fully saturated rings. The predicted molar refractivity (Wildman–Crippen MR) is 89.4 cm³/mol. The number of hydrogen-bond donors (Lipinski definition) is 2. The third kappa shape index (κ3) is 4.46. The standard InChI is InChI=1S/C13H13IN4O2S/c1-2-11-17-18-13(21-11)16-10(19)7-15-12(20)8-5-3-4-6-9(8)14/h3-6H,2,7H2,1H3,(H,15,20)(H,16,18,19). The van der Waals surface area contributed by atoms with E-state index < -0.39 is 0 Å². The highest BCUT2D eigenvalue weighted by Crippen LogP contribution is 2.15. The summed E-state index contributed by atoms with van der Waals surface area (Å²) in [5.74, 6) is -0.602. The number of anilines is 1. The summed E-state index contributed by atoms with van der Waals surface area (Å²) in [6.45, 7) is 1.86. The predicted octanol–water partition coefficient (Wildman–Crippen LogP) is 2.07. The molecule has 1 heterocycles. The average molecular weight is 416 g/mol. The van der Waals surface area contributed by atoms with E-state index in [1.165, 1.54) is 11.3 Å². The molecule has 0 unspecified atom stereocenters. The minimum atomic E-state index is -0.326. The molecule has 0 bridgehead atoms. The van der Waals surface area contributed by atoms with E-state index in [9.17, 15) is 9.59 Å². The second-order valence-electron chi connectivity index (χ2n) is 4.07. The van der Waals surface area contributed by atoms with Gasteiger partial charge in [0.25, 0.3) is 5.91 Å². The Hall–Kier alpha value is -1.55. The zero-order valence-electron chi connectivity index (χ0n) is 11.2. The first-order chi connectivity index (χ1) is 10.1. The summed E-state index contributed by atoms with van der Waals surface area (Å²) in [4.78, 5) is 23.7. The molecular weight excluding hydrogens is 403 g/mol. The Kier molecular flexibility index (Phi) is 5.62. The lowest BCUT2D eigenvalue weighted by Crippen LogP contribution is -2.33. The van der Waals surface area contributed by atoms with E-state index in [4.69, 9.17) is 0 Å². The Bertz CT molecular complexity index is 659. The summed E-state index contributed by atoms with van der Waals surface area (Å²) >= 11 is 3.41. The Morgan fingerprint density at radius 3 is 2.71 bits per heavy atom.